The summed E-state index contributed by atoms with van der Waals surface area (Å²) < 4.78 is 5.32. The Morgan fingerprint density at radius 3 is 2.62 bits per heavy atom. The fraction of sp³-hybridized carbons (Fsp3) is 0.467. The molecule has 0 radical (unpaired) electrons. The lowest BCUT2D eigenvalue weighted by atomic mass is 10.0. The van der Waals surface area contributed by atoms with Crippen molar-refractivity contribution in [2.45, 2.75) is 45.4 Å². The van der Waals surface area contributed by atoms with Gasteiger partial charge >= 0.3 is 12.1 Å². The number of aliphatic carboxylic acids is 1. The number of nitrogens with two attached hydrogens (primary N) is 1. The molecule has 1 atom stereocenters. The van der Waals surface area contributed by atoms with Crippen LogP contribution < -0.4 is 10.6 Å². The number of rotatable bonds is 2. The van der Waals surface area contributed by atoms with Crippen molar-refractivity contribution in [3.05, 3.63) is 29.3 Å². The second-order valence-electron chi connectivity index (χ2n) is 6.03. The van der Waals surface area contributed by atoms with E-state index in [4.69, 9.17) is 10.5 Å². The molecule has 21 heavy (non-hydrogen) atoms. The van der Waals surface area contributed by atoms with Gasteiger partial charge < -0.3 is 15.6 Å². The van der Waals surface area contributed by atoms with Crippen LogP contribution in [0.5, 0.6) is 0 Å². The van der Waals surface area contributed by atoms with Crippen molar-refractivity contribution in [2.24, 2.45) is 5.73 Å². The first kappa shape index (κ1) is 15.3. The molecule has 1 aliphatic rings. The van der Waals surface area contributed by atoms with Crippen LogP contribution in [0.4, 0.5) is 10.5 Å². The molecular formula is C15H20N2O4. The summed E-state index contributed by atoms with van der Waals surface area (Å²) in [6.45, 7) is 5.54. The van der Waals surface area contributed by atoms with E-state index in [0.717, 1.165) is 11.1 Å². The van der Waals surface area contributed by atoms with Crippen molar-refractivity contribution in [3.63, 3.8) is 0 Å². The molecule has 1 aromatic rings. The molecule has 1 aliphatic heterocycles. The van der Waals surface area contributed by atoms with Crippen LogP contribution in [0.3, 0.4) is 0 Å². The number of ether oxygens (including phenoxy) is 1. The monoisotopic (exact) mass is 292 g/mol. The van der Waals surface area contributed by atoms with E-state index >= 15 is 0 Å². The number of anilines is 1. The zero-order valence-electron chi connectivity index (χ0n) is 12.4. The lowest BCUT2D eigenvalue weighted by molar-refractivity contribution is -0.138. The second kappa shape index (κ2) is 5.37. The van der Waals surface area contributed by atoms with Gasteiger partial charge in [-0.05, 0) is 38.0 Å². The lowest BCUT2D eigenvalue weighted by Gasteiger charge is -2.27. The first-order valence-electron chi connectivity index (χ1n) is 6.80. The van der Waals surface area contributed by atoms with Crippen molar-refractivity contribution < 1.29 is 19.4 Å². The van der Waals surface area contributed by atoms with Crippen LogP contribution in [-0.2, 0) is 22.5 Å². The van der Waals surface area contributed by atoms with Crippen LogP contribution in [0.25, 0.3) is 0 Å². The minimum Gasteiger partial charge on any atom is -0.480 e. The van der Waals surface area contributed by atoms with E-state index in [2.05, 4.69) is 0 Å². The third kappa shape index (κ3) is 3.00. The number of carboxylic acids is 1. The highest BCUT2D eigenvalue weighted by molar-refractivity contribution is 5.98. The molecule has 2 rings (SSSR count). The first-order chi connectivity index (χ1) is 9.74. The molecule has 6 heteroatoms. The Bertz CT molecular complexity index is 578. The molecule has 0 spiro atoms. The largest absolute Gasteiger partial charge is 0.480 e. The number of carbonyl (C=O) groups is 2. The van der Waals surface area contributed by atoms with E-state index in [0.29, 0.717) is 12.2 Å². The van der Waals surface area contributed by atoms with Crippen LogP contribution in [0.1, 0.15) is 31.9 Å². The lowest BCUT2D eigenvalue weighted by Crippen LogP contribution is -2.45. The van der Waals surface area contributed by atoms with E-state index in [-0.39, 0.29) is 6.42 Å². The molecule has 1 aromatic carbocycles. The molecule has 0 bridgehead atoms. The van der Waals surface area contributed by atoms with Crippen molar-refractivity contribution >= 4 is 17.7 Å². The number of carboxylic acid groups (broad SMARTS) is 1. The Morgan fingerprint density at radius 1 is 1.43 bits per heavy atom. The molecule has 3 N–H and O–H groups in total. The van der Waals surface area contributed by atoms with Crippen LogP contribution in [-0.4, -0.2) is 28.8 Å². The van der Waals surface area contributed by atoms with E-state index < -0.39 is 23.7 Å². The van der Waals surface area contributed by atoms with E-state index in [1.54, 1.807) is 32.9 Å². The normalized spacial score (nSPS) is 17.5. The SMILES string of the molecule is CC(C)(C)OC(=O)N1c2cccc(CN)c2C[C@H]1C(=O)O. The number of hydrogen-bond donors (Lipinski definition) is 2. The van der Waals surface area contributed by atoms with Gasteiger partial charge in [0.25, 0.3) is 0 Å². The first-order valence-corrected chi connectivity index (χ1v) is 6.80. The van der Waals surface area contributed by atoms with Crippen molar-refractivity contribution in [1.82, 2.24) is 0 Å². The number of amides is 1. The summed E-state index contributed by atoms with van der Waals surface area (Å²) in [6.07, 6.45) is -0.403. The predicted molar refractivity (Wildman–Crippen MR) is 78.2 cm³/mol. The minimum absolute atomic E-state index is 0.247. The Hall–Kier alpha value is -2.08. The third-order valence-electron chi connectivity index (χ3n) is 3.31. The van der Waals surface area contributed by atoms with Gasteiger partial charge in [-0.3, -0.25) is 4.90 Å². The average Bonchev–Trinajstić information content (AvgIpc) is 2.75. The van der Waals surface area contributed by atoms with Gasteiger partial charge in [-0.15, -0.1) is 0 Å². The molecule has 6 nitrogen and oxygen atoms in total. The van der Waals surface area contributed by atoms with E-state index in [1.165, 1.54) is 4.90 Å². The second-order valence-corrected chi connectivity index (χ2v) is 6.03. The van der Waals surface area contributed by atoms with Gasteiger partial charge in [-0.25, -0.2) is 9.59 Å². The van der Waals surface area contributed by atoms with Gasteiger partial charge in [-0.1, -0.05) is 12.1 Å². The average molecular weight is 292 g/mol. The van der Waals surface area contributed by atoms with Crippen LogP contribution >= 0.6 is 0 Å². The summed E-state index contributed by atoms with van der Waals surface area (Å²) in [5.74, 6) is -1.06. The molecule has 0 aromatic heterocycles. The highest BCUT2D eigenvalue weighted by Crippen LogP contribution is 2.35. The Labute approximate surface area is 123 Å². The van der Waals surface area contributed by atoms with Crippen molar-refractivity contribution in [2.75, 3.05) is 4.90 Å². The molecule has 0 aliphatic carbocycles. The summed E-state index contributed by atoms with van der Waals surface area (Å²) in [6, 6.07) is 4.38. The number of hydrogen-bond acceptors (Lipinski definition) is 4. The number of carbonyl (C=O) groups excluding carboxylic acids is 1. The fourth-order valence-corrected chi connectivity index (χ4v) is 2.46. The highest BCUT2D eigenvalue weighted by Gasteiger charge is 2.41. The summed E-state index contributed by atoms with van der Waals surface area (Å²) in [7, 11) is 0. The summed E-state index contributed by atoms with van der Waals surface area (Å²) in [5, 5.41) is 9.39. The molecule has 114 valence electrons. The zero-order chi connectivity index (χ0) is 15.8. The van der Waals surface area contributed by atoms with Gasteiger partial charge in [0.05, 0.1) is 5.69 Å². The summed E-state index contributed by atoms with van der Waals surface area (Å²) >= 11 is 0. The Kier molecular flexibility index (Phi) is 3.91. The van der Waals surface area contributed by atoms with Crippen LogP contribution in [0.15, 0.2) is 18.2 Å². The van der Waals surface area contributed by atoms with Gasteiger partial charge in [0.15, 0.2) is 0 Å². The maximum absolute atomic E-state index is 12.3. The molecule has 0 fully saturated rings. The minimum atomic E-state index is -1.06. The highest BCUT2D eigenvalue weighted by atomic mass is 16.6. The van der Waals surface area contributed by atoms with Crippen LogP contribution in [0, 0.1) is 0 Å². The topological polar surface area (TPSA) is 92.9 Å². The van der Waals surface area contributed by atoms with Gasteiger partial charge in [0.2, 0.25) is 0 Å². The molecule has 0 saturated heterocycles. The van der Waals surface area contributed by atoms with Gasteiger partial charge in [-0.2, -0.15) is 0 Å². The van der Waals surface area contributed by atoms with Crippen molar-refractivity contribution in [1.29, 1.82) is 0 Å². The smallest absolute Gasteiger partial charge is 0.415 e. The molecule has 0 unspecified atom stereocenters. The molecular weight excluding hydrogens is 272 g/mol. The van der Waals surface area contributed by atoms with Crippen molar-refractivity contribution in [3.8, 4) is 0 Å². The summed E-state index contributed by atoms with van der Waals surface area (Å²) in [5.41, 5.74) is 7.22. The van der Waals surface area contributed by atoms with E-state index in [9.17, 15) is 14.7 Å². The number of benzene rings is 1. The third-order valence-corrected chi connectivity index (χ3v) is 3.31. The standard InChI is InChI=1S/C15H20N2O4/c1-15(2,3)21-14(20)17-11-6-4-5-9(8-16)10(11)7-12(17)13(18)19/h4-6,12H,7-8,16H2,1-3H3,(H,18,19)/t12-/m0/s1. The Balaban J connectivity index is 2.43. The zero-order valence-corrected chi connectivity index (χ0v) is 12.4. The quantitative estimate of drug-likeness (QED) is 0.868. The number of fused-ring (bicyclic) bond motifs is 1. The maximum Gasteiger partial charge on any atom is 0.415 e. The van der Waals surface area contributed by atoms with E-state index in [1.807, 2.05) is 6.07 Å². The summed E-state index contributed by atoms with van der Waals surface area (Å²) in [4.78, 5) is 25.0. The predicted octanol–water partition coefficient (Wildman–Crippen LogP) is 1.90. The molecule has 0 saturated carbocycles. The molecule has 1 heterocycles. The maximum atomic E-state index is 12.3. The van der Waals surface area contributed by atoms with Crippen LogP contribution in [0.2, 0.25) is 0 Å². The van der Waals surface area contributed by atoms with Gasteiger partial charge in [0.1, 0.15) is 11.6 Å². The Morgan fingerprint density at radius 2 is 2.10 bits per heavy atom. The fourth-order valence-electron chi connectivity index (χ4n) is 2.46. The number of nitrogens with zero attached hydrogens (tertiary/aromatic N) is 1. The molecule has 1 amide bonds. The van der Waals surface area contributed by atoms with Gasteiger partial charge in [0, 0.05) is 13.0 Å².